The summed E-state index contributed by atoms with van der Waals surface area (Å²) < 4.78 is 5.81. The summed E-state index contributed by atoms with van der Waals surface area (Å²) >= 11 is 0. The van der Waals surface area contributed by atoms with Gasteiger partial charge in [0.25, 0.3) is 0 Å². The highest BCUT2D eigenvalue weighted by Crippen LogP contribution is 2.15. The van der Waals surface area contributed by atoms with Gasteiger partial charge in [-0.05, 0) is 77.0 Å². The van der Waals surface area contributed by atoms with Gasteiger partial charge in [0.1, 0.15) is 6.10 Å². The molecular formula is C56H91NO5. The van der Waals surface area contributed by atoms with Gasteiger partial charge in [-0.3, -0.25) is 9.59 Å². The van der Waals surface area contributed by atoms with Crippen LogP contribution in [0.15, 0.2) is 122 Å². The Morgan fingerprint density at radius 2 is 0.871 bits per heavy atom. The summed E-state index contributed by atoms with van der Waals surface area (Å²) in [5.74, 6) is -0.692. The molecule has 0 spiro atoms. The molecule has 3 N–H and O–H groups in total. The van der Waals surface area contributed by atoms with Gasteiger partial charge in [0.2, 0.25) is 5.91 Å². The van der Waals surface area contributed by atoms with E-state index in [1.54, 1.807) is 0 Å². The summed E-state index contributed by atoms with van der Waals surface area (Å²) in [7, 11) is 0. The zero-order valence-corrected chi connectivity index (χ0v) is 39.7. The summed E-state index contributed by atoms with van der Waals surface area (Å²) in [6.07, 6.45) is 67.1. The molecule has 6 heteroatoms. The molecule has 0 rings (SSSR count). The minimum Gasteiger partial charge on any atom is -0.461 e. The summed E-state index contributed by atoms with van der Waals surface area (Å²) in [5.41, 5.74) is 0. The van der Waals surface area contributed by atoms with Gasteiger partial charge in [0, 0.05) is 12.8 Å². The van der Waals surface area contributed by atoms with Gasteiger partial charge in [0.15, 0.2) is 0 Å². The highest BCUT2D eigenvalue weighted by Gasteiger charge is 2.23. The molecule has 0 aromatic rings. The normalized spacial score (nSPS) is 14.3. The van der Waals surface area contributed by atoms with E-state index in [1.165, 1.54) is 57.8 Å². The third-order valence-electron chi connectivity index (χ3n) is 10.3. The number of hydrogen-bond donors (Lipinski definition) is 3. The zero-order chi connectivity index (χ0) is 45.2. The van der Waals surface area contributed by atoms with Crippen molar-refractivity contribution in [1.82, 2.24) is 5.32 Å². The summed E-state index contributed by atoms with van der Waals surface area (Å²) in [4.78, 5) is 26.0. The lowest BCUT2D eigenvalue weighted by Crippen LogP contribution is -2.46. The molecule has 3 atom stereocenters. The number of rotatable bonds is 42. The summed E-state index contributed by atoms with van der Waals surface area (Å²) in [6.45, 7) is 6.19. The quantitative estimate of drug-likeness (QED) is 0.0323. The predicted octanol–water partition coefficient (Wildman–Crippen LogP) is 14.9. The predicted molar refractivity (Wildman–Crippen MR) is 268 cm³/mol. The average molecular weight is 858 g/mol. The van der Waals surface area contributed by atoms with Crippen molar-refractivity contribution in [2.75, 3.05) is 6.61 Å². The second-order valence-corrected chi connectivity index (χ2v) is 16.1. The van der Waals surface area contributed by atoms with Crippen LogP contribution in [0.1, 0.15) is 194 Å². The van der Waals surface area contributed by atoms with Gasteiger partial charge in [-0.2, -0.15) is 0 Å². The zero-order valence-electron chi connectivity index (χ0n) is 39.7. The van der Waals surface area contributed by atoms with Crippen LogP contribution in [0.25, 0.3) is 0 Å². The SMILES string of the molecule is CC/C=C\C/C=C\C/C=C\C/C=C\C/C=C\CC(CC(=O)NC(CO)C(O)CCCCCCCCCCCCCC)OC(=O)CC/C=C/C/C=C/C/C=C/C/C=C/C/C=C/CC. The highest BCUT2D eigenvalue weighted by molar-refractivity contribution is 5.77. The lowest BCUT2D eigenvalue weighted by molar-refractivity contribution is -0.150. The maximum Gasteiger partial charge on any atom is 0.306 e. The van der Waals surface area contributed by atoms with Crippen molar-refractivity contribution < 1.29 is 24.5 Å². The molecular weight excluding hydrogens is 767 g/mol. The molecule has 350 valence electrons. The standard InChI is InChI=1S/C56H91NO5/c1-4-7-10-13-16-19-22-25-27-29-31-34-37-40-43-46-49-56(61)62-52(47-44-41-38-35-32-30-28-26-23-20-17-14-11-8-5-2)50-55(60)57-53(51-58)54(59)48-45-42-39-36-33-24-21-18-15-12-9-6-3/h7-8,10-11,16-17,19-20,25-28,31-32,34-35,40-41,43-44,52-54,58-59H,4-6,9,12-15,18,21-24,29-30,33,36-39,42,45-51H2,1-3H3,(H,57,60)/b10-7+,11-8-,19-16+,20-17-,27-25+,28-26-,34-31+,35-32-,43-40+,44-41-. The van der Waals surface area contributed by atoms with Crippen LogP contribution in [0.5, 0.6) is 0 Å². The van der Waals surface area contributed by atoms with Crippen molar-refractivity contribution in [1.29, 1.82) is 0 Å². The molecule has 3 unspecified atom stereocenters. The molecule has 0 aromatic carbocycles. The number of esters is 1. The van der Waals surface area contributed by atoms with E-state index < -0.39 is 18.2 Å². The highest BCUT2D eigenvalue weighted by atomic mass is 16.5. The van der Waals surface area contributed by atoms with Gasteiger partial charge in [-0.1, -0.05) is 219 Å². The van der Waals surface area contributed by atoms with Gasteiger partial charge in [0.05, 0.1) is 25.2 Å². The van der Waals surface area contributed by atoms with Gasteiger partial charge < -0.3 is 20.3 Å². The van der Waals surface area contributed by atoms with Crippen LogP contribution < -0.4 is 5.32 Å². The lowest BCUT2D eigenvalue weighted by Gasteiger charge is -2.24. The number of unbranched alkanes of at least 4 members (excludes halogenated alkanes) is 11. The van der Waals surface area contributed by atoms with Crippen LogP contribution in [0.3, 0.4) is 0 Å². The fourth-order valence-corrected chi connectivity index (χ4v) is 6.62. The molecule has 0 aliphatic rings. The Kier molecular flexibility index (Phi) is 45.4. The average Bonchev–Trinajstić information content (AvgIpc) is 3.26. The number of hydrogen-bond acceptors (Lipinski definition) is 5. The second-order valence-electron chi connectivity index (χ2n) is 16.1. The number of allylic oxidation sites excluding steroid dienone is 19. The van der Waals surface area contributed by atoms with Crippen LogP contribution in [0.4, 0.5) is 0 Å². The molecule has 0 aromatic heterocycles. The number of aliphatic hydroxyl groups is 2. The Morgan fingerprint density at radius 3 is 1.27 bits per heavy atom. The van der Waals surface area contributed by atoms with E-state index in [2.05, 4.69) is 129 Å². The van der Waals surface area contributed by atoms with E-state index in [4.69, 9.17) is 4.74 Å². The monoisotopic (exact) mass is 858 g/mol. The molecule has 0 fully saturated rings. The molecule has 0 heterocycles. The third kappa shape index (κ3) is 42.9. The van der Waals surface area contributed by atoms with E-state index in [0.717, 1.165) is 83.5 Å². The smallest absolute Gasteiger partial charge is 0.306 e. The third-order valence-corrected chi connectivity index (χ3v) is 10.3. The molecule has 1 amide bonds. The molecule has 0 saturated heterocycles. The topological polar surface area (TPSA) is 95.9 Å². The first-order chi connectivity index (χ1) is 30.5. The van der Waals surface area contributed by atoms with Crippen LogP contribution in [0, 0.1) is 0 Å². The van der Waals surface area contributed by atoms with Gasteiger partial charge >= 0.3 is 5.97 Å². The molecule has 6 nitrogen and oxygen atoms in total. The summed E-state index contributed by atoms with van der Waals surface area (Å²) in [5, 5.41) is 23.7. The Morgan fingerprint density at radius 1 is 0.500 bits per heavy atom. The minimum atomic E-state index is -0.831. The Hall–Kier alpha value is -3.74. The molecule has 0 aliphatic heterocycles. The number of amides is 1. The Labute approximate surface area is 380 Å². The van der Waals surface area contributed by atoms with E-state index in [1.807, 2.05) is 18.2 Å². The molecule has 0 bridgehead atoms. The fourth-order valence-electron chi connectivity index (χ4n) is 6.62. The van der Waals surface area contributed by atoms with E-state index in [-0.39, 0.29) is 31.3 Å². The van der Waals surface area contributed by atoms with E-state index >= 15 is 0 Å². The first-order valence-electron chi connectivity index (χ1n) is 24.8. The first kappa shape index (κ1) is 58.3. The van der Waals surface area contributed by atoms with Crippen molar-refractivity contribution in [3.05, 3.63) is 122 Å². The van der Waals surface area contributed by atoms with Gasteiger partial charge in [-0.15, -0.1) is 0 Å². The minimum absolute atomic E-state index is 0.0381. The van der Waals surface area contributed by atoms with Crippen LogP contribution in [0.2, 0.25) is 0 Å². The van der Waals surface area contributed by atoms with Gasteiger partial charge in [-0.25, -0.2) is 0 Å². The number of carbonyl (C=O) groups excluding carboxylic acids is 2. The van der Waals surface area contributed by atoms with E-state index in [0.29, 0.717) is 19.3 Å². The Bertz CT molecular complexity index is 1330. The van der Waals surface area contributed by atoms with Crippen LogP contribution >= 0.6 is 0 Å². The van der Waals surface area contributed by atoms with Crippen LogP contribution in [-0.4, -0.2) is 46.9 Å². The van der Waals surface area contributed by atoms with Crippen molar-refractivity contribution in [2.24, 2.45) is 0 Å². The largest absolute Gasteiger partial charge is 0.461 e. The molecule has 0 radical (unpaired) electrons. The number of nitrogens with one attached hydrogen (secondary N) is 1. The maximum atomic E-state index is 13.2. The Balaban J connectivity index is 4.88. The fraction of sp³-hybridized carbons (Fsp3) is 0.607. The summed E-state index contributed by atoms with van der Waals surface area (Å²) in [6, 6.07) is -0.754. The van der Waals surface area contributed by atoms with Crippen molar-refractivity contribution in [3.63, 3.8) is 0 Å². The number of ether oxygens (including phenoxy) is 1. The number of carbonyl (C=O) groups is 2. The van der Waals surface area contributed by atoms with Crippen molar-refractivity contribution >= 4 is 11.9 Å². The number of aliphatic hydroxyl groups excluding tert-OH is 2. The molecule has 0 aliphatic carbocycles. The van der Waals surface area contributed by atoms with Crippen molar-refractivity contribution in [3.8, 4) is 0 Å². The first-order valence-corrected chi connectivity index (χ1v) is 24.8. The van der Waals surface area contributed by atoms with Crippen LogP contribution in [-0.2, 0) is 14.3 Å². The lowest BCUT2D eigenvalue weighted by atomic mass is 10.0. The maximum absolute atomic E-state index is 13.2. The van der Waals surface area contributed by atoms with Crippen molar-refractivity contribution in [2.45, 2.75) is 212 Å². The van der Waals surface area contributed by atoms with E-state index in [9.17, 15) is 19.8 Å². The molecule has 62 heavy (non-hydrogen) atoms. The second kappa shape index (κ2) is 48.3. The molecule has 0 saturated carbocycles.